The highest BCUT2D eigenvalue weighted by Crippen LogP contribution is 2.22. The average molecular weight is 448 g/mol. The van der Waals surface area contributed by atoms with E-state index < -0.39 is 5.82 Å². The number of pyridine rings is 1. The van der Waals surface area contributed by atoms with Crippen molar-refractivity contribution in [3.8, 4) is 22.8 Å². The SMILES string of the molecule is Cc1noc(-c2cccn3c(CNC(=O)CCc4nc(-c5cccc(F)c5)no4)nnc23)n1. The van der Waals surface area contributed by atoms with Crippen molar-refractivity contribution in [2.24, 2.45) is 0 Å². The minimum absolute atomic E-state index is 0.133. The Morgan fingerprint density at radius 3 is 2.85 bits per heavy atom. The van der Waals surface area contributed by atoms with Gasteiger partial charge in [0.05, 0.1) is 12.1 Å². The second kappa shape index (κ2) is 8.57. The first-order chi connectivity index (χ1) is 16.1. The van der Waals surface area contributed by atoms with E-state index in [9.17, 15) is 9.18 Å². The number of nitrogens with one attached hydrogen (secondary N) is 1. The normalized spacial score (nSPS) is 11.2. The van der Waals surface area contributed by atoms with E-state index in [1.54, 1.807) is 29.7 Å². The van der Waals surface area contributed by atoms with Crippen molar-refractivity contribution < 1.29 is 18.2 Å². The molecule has 0 aliphatic rings. The first-order valence-electron chi connectivity index (χ1n) is 10.1. The Hall–Kier alpha value is -4.48. The van der Waals surface area contributed by atoms with E-state index in [1.165, 1.54) is 12.1 Å². The van der Waals surface area contributed by atoms with Crippen LogP contribution in [0, 0.1) is 12.7 Å². The highest BCUT2D eigenvalue weighted by Gasteiger charge is 2.16. The van der Waals surface area contributed by atoms with Crippen molar-refractivity contribution in [2.45, 2.75) is 26.3 Å². The Labute approximate surface area is 185 Å². The van der Waals surface area contributed by atoms with Gasteiger partial charge >= 0.3 is 0 Å². The van der Waals surface area contributed by atoms with Crippen molar-refractivity contribution in [1.29, 1.82) is 0 Å². The average Bonchev–Trinajstić information content (AvgIpc) is 3.56. The van der Waals surface area contributed by atoms with Crippen molar-refractivity contribution >= 4 is 11.6 Å². The summed E-state index contributed by atoms with van der Waals surface area (Å²) < 4.78 is 25.5. The molecule has 0 bridgehead atoms. The monoisotopic (exact) mass is 448 g/mol. The molecule has 33 heavy (non-hydrogen) atoms. The maximum absolute atomic E-state index is 13.4. The molecule has 4 heterocycles. The molecule has 0 unspecified atom stereocenters. The maximum Gasteiger partial charge on any atom is 0.261 e. The van der Waals surface area contributed by atoms with Gasteiger partial charge in [0.2, 0.25) is 17.6 Å². The van der Waals surface area contributed by atoms with Crippen molar-refractivity contribution in [2.75, 3.05) is 0 Å². The molecule has 0 radical (unpaired) electrons. The predicted octanol–water partition coefficient (Wildman–Crippen LogP) is 2.53. The number of aryl methyl sites for hydroxylation is 2. The van der Waals surface area contributed by atoms with Crippen LogP contribution in [0.25, 0.3) is 28.5 Å². The first-order valence-corrected chi connectivity index (χ1v) is 10.1. The Morgan fingerprint density at radius 2 is 2.03 bits per heavy atom. The van der Waals surface area contributed by atoms with Gasteiger partial charge in [0.1, 0.15) is 5.82 Å². The summed E-state index contributed by atoms with van der Waals surface area (Å²) in [5, 5.41) is 18.8. The van der Waals surface area contributed by atoms with Crippen LogP contribution < -0.4 is 5.32 Å². The summed E-state index contributed by atoms with van der Waals surface area (Å²) >= 11 is 0. The molecule has 0 saturated heterocycles. The molecule has 166 valence electrons. The molecule has 0 spiro atoms. The van der Waals surface area contributed by atoms with Gasteiger partial charge in [-0.25, -0.2) is 4.39 Å². The van der Waals surface area contributed by atoms with E-state index in [1.807, 2.05) is 12.1 Å². The van der Waals surface area contributed by atoms with E-state index in [-0.39, 0.29) is 37.0 Å². The zero-order valence-electron chi connectivity index (χ0n) is 17.4. The fourth-order valence-electron chi connectivity index (χ4n) is 3.25. The summed E-state index contributed by atoms with van der Waals surface area (Å²) in [6.45, 7) is 1.90. The standard InChI is InChI=1S/C21H17FN8O3/c1-12-24-21(33-28-12)15-6-3-9-30-16(26-27-20(15)30)11-23-17(31)7-8-18-25-19(29-32-18)13-4-2-5-14(22)10-13/h2-6,9-10H,7-8,11H2,1H3,(H,23,31). The van der Waals surface area contributed by atoms with Crippen LogP contribution in [0.4, 0.5) is 4.39 Å². The zero-order chi connectivity index (χ0) is 22.8. The smallest absolute Gasteiger partial charge is 0.261 e. The second-order valence-corrected chi connectivity index (χ2v) is 7.18. The molecule has 1 amide bonds. The third-order valence-electron chi connectivity index (χ3n) is 4.82. The van der Waals surface area contributed by atoms with E-state index in [0.29, 0.717) is 34.3 Å². The number of hydrogen-bond donors (Lipinski definition) is 1. The number of hydrogen-bond acceptors (Lipinski definition) is 9. The fraction of sp³-hybridized carbons (Fsp3) is 0.190. The van der Waals surface area contributed by atoms with Crippen LogP contribution in [0.15, 0.2) is 51.6 Å². The minimum Gasteiger partial charge on any atom is -0.349 e. The Morgan fingerprint density at radius 1 is 1.12 bits per heavy atom. The number of halogens is 1. The number of amides is 1. The van der Waals surface area contributed by atoms with Gasteiger partial charge in [-0.15, -0.1) is 10.2 Å². The molecule has 0 atom stereocenters. The lowest BCUT2D eigenvalue weighted by Gasteiger charge is -2.04. The molecule has 0 fully saturated rings. The molecule has 11 nitrogen and oxygen atoms in total. The molecule has 1 aromatic carbocycles. The third-order valence-corrected chi connectivity index (χ3v) is 4.82. The number of rotatable bonds is 7. The number of carbonyl (C=O) groups excluding carboxylic acids is 1. The minimum atomic E-state index is -0.390. The lowest BCUT2D eigenvalue weighted by Crippen LogP contribution is -2.24. The molecule has 0 saturated carbocycles. The van der Waals surface area contributed by atoms with Gasteiger partial charge in [-0.1, -0.05) is 22.4 Å². The van der Waals surface area contributed by atoms with Gasteiger partial charge < -0.3 is 14.4 Å². The van der Waals surface area contributed by atoms with Crippen LogP contribution in [0.5, 0.6) is 0 Å². The van der Waals surface area contributed by atoms with E-state index in [2.05, 4.69) is 35.8 Å². The number of benzene rings is 1. The van der Waals surface area contributed by atoms with E-state index in [0.717, 1.165) is 0 Å². The summed E-state index contributed by atoms with van der Waals surface area (Å²) in [5.41, 5.74) is 1.69. The van der Waals surface area contributed by atoms with Gasteiger partial charge in [0.15, 0.2) is 17.3 Å². The van der Waals surface area contributed by atoms with Crippen molar-refractivity contribution in [3.63, 3.8) is 0 Å². The fourth-order valence-corrected chi connectivity index (χ4v) is 3.25. The molecular weight excluding hydrogens is 431 g/mol. The quantitative estimate of drug-likeness (QED) is 0.398. The zero-order valence-corrected chi connectivity index (χ0v) is 17.4. The molecule has 0 aliphatic carbocycles. The van der Waals surface area contributed by atoms with Crippen LogP contribution in [-0.4, -0.2) is 40.8 Å². The topological polar surface area (TPSA) is 137 Å². The lowest BCUT2D eigenvalue weighted by atomic mass is 10.2. The number of aromatic nitrogens is 7. The first kappa shape index (κ1) is 20.4. The highest BCUT2D eigenvalue weighted by molar-refractivity contribution is 5.76. The van der Waals surface area contributed by atoms with Crippen LogP contribution in [-0.2, 0) is 17.8 Å². The number of nitrogens with zero attached hydrogens (tertiary/aromatic N) is 7. The summed E-state index contributed by atoms with van der Waals surface area (Å²) in [4.78, 5) is 20.8. The van der Waals surface area contributed by atoms with Gasteiger partial charge in [-0.05, 0) is 31.2 Å². The van der Waals surface area contributed by atoms with Crippen LogP contribution in [0.2, 0.25) is 0 Å². The van der Waals surface area contributed by atoms with Gasteiger partial charge in [-0.3, -0.25) is 9.20 Å². The van der Waals surface area contributed by atoms with Gasteiger partial charge in [-0.2, -0.15) is 9.97 Å². The highest BCUT2D eigenvalue weighted by atomic mass is 19.1. The maximum atomic E-state index is 13.4. The molecule has 5 rings (SSSR count). The van der Waals surface area contributed by atoms with E-state index >= 15 is 0 Å². The van der Waals surface area contributed by atoms with Gasteiger partial charge in [0, 0.05) is 24.6 Å². The van der Waals surface area contributed by atoms with Crippen LogP contribution >= 0.6 is 0 Å². The largest absolute Gasteiger partial charge is 0.349 e. The van der Waals surface area contributed by atoms with Gasteiger partial charge in [0.25, 0.3) is 5.89 Å². The summed E-state index contributed by atoms with van der Waals surface area (Å²) in [6.07, 6.45) is 2.17. The second-order valence-electron chi connectivity index (χ2n) is 7.18. The molecule has 1 N–H and O–H groups in total. The van der Waals surface area contributed by atoms with Crippen molar-refractivity contribution in [1.82, 2.24) is 40.2 Å². The molecule has 5 aromatic rings. The third kappa shape index (κ3) is 4.31. The summed E-state index contributed by atoms with van der Waals surface area (Å²) in [7, 11) is 0. The Bertz CT molecular complexity index is 1440. The predicted molar refractivity (Wildman–Crippen MR) is 111 cm³/mol. The Kier molecular flexibility index (Phi) is 5.30. The summed E-state index contributed by atoms with van der Waals surface area (Å²) in [5.74, 6) is 1.35. The Balaban J connectivity index is 1.20. The van der Waals surface area contributed by atoms with Crippen LogP contribution in [0.3, 0.4) is 0 Å². The van der Waals surface area contributed by atoms with Crippen molar-refractivity contribution in [3.05, 3.63) is 66.0 Å². The lowest BCUT2D eigenvalue weighted by molar-refractivity contribution is -0.121. The molecule has 0 aliphatic heterocycles. The molecule has 4 aromatic heterocycles. The summed E-state index contributed by atoms with van der Waals surface area (Å²) in [6, 6.07) is 9.51. The molecular formula is C21H17FN8O3. The number of fused-ring (bicyclic) bond motifs is 1. The van der Waals surface area contributed by atoms with Crippen LogP contribution in [0.1, 0.15) is 24.0 Å². The molecule has 12 heteroatoms. The van der Waals surface area contributed by atoms with E-state index in [4.69, 9.17) is 9.05 Å². The number of carbonyl (C=O) groups is 1.